The fraction of sp³-hybridized carbons (Fsp3) is 0.0571. The number of benzene rings is 5. The number of fused-ring (bicyclic) bond motifs is 2. The Morgan fingerprint density at radius 2 is 0.833 bits per heavy atom. The molecular weight excluding hydrogens is 610 g/mol. The lowest BCUT2D eigenvalue weighted by molar-refractivity contribution is -0.152. The first-order valence-corrected chi connectivity index (χ1v) is 14.7. The van der Waals surface area contributed by atoms with Crippen LogP contribution in [0.5, 0.6) is 11.5 Å². The molecule has 2 atom stereocenters. The zero-order chi connectivity index (χ0) is 29.1. The van der Waals surface area contributed by atoms with E-state index in [-0.39, 0.29) is 37.4 Å². The second-order valence-corrected chi connectivity index (χ2v) is 11.5. The molecule has 0 N–H and O–H groups in total. The minimum Gasteiger partial charge on any atom is -0.467 e. The Labute approximate surface area is 262 Å². The van der Waals surface area contributed by atoms with Crippen molar-refractivity contribution in [2.75, 3.05) is 0 Å². The Kier molecular flexibility index (Phi) is 6.60. The van der Waals surface area contributed by atoms with Gasteiger partial charge >= 0.3 is 0 Å². The van der Waals surface area contributed by atoms with Crippen molar-refractivity contribution in [3.8, 4) is 11.5 Å². The molecule has 1 aliphatic carbocycles. The van der Waals surface area contributed by atoms with E-state index in [1.807, 2.05) is 121 Å². The largest absolute Gasteiger partial charge is 0.467 e. The summed E-state index contributed by atoms with van der Waals surface area (Å²) in [5.74, 6) is -0.157. The fourth-order valence-electron chi connectivity index (χ4n) is 6.10. The quantitative estimate of drug-likeness (QED) is 0.147. The first kappa shape index (κ1) is 27.1. The third-order valence-electron chi connectivity index (χ3n) is 7.82. The van der Waals surface area contributed by atoms with E-state index >= 15 is 4.79 Å². The predicted molar refractivity (Wildman–Crippen MR) is 169 cm³/mol. The molecule has 0 radical (unpaired) electrons. The molecule has 0 fully saturated rings. The van der Waals surface area contributed by atoms with Crippen molar-refractivity contribution in [3.63, 3.8) is 0 Å². The lowest BCUT2D eigenvalue weighted by atomic mass is 9.69. The molecule has 206 valence electrons. The van der Waals surface area contributed by atoms with Gasteiger partial charge in [0.25, 0.3) is 0 Å². The summed E-state index contributed by atoms with van der Waals surface area (Å²) >= 11 is 26.7. The molecule has 2 unspecified atom stereocenters. The topological polar surface area (TPSA) is 35.5 Å². The first-order valence-electron chi connectivity index (χ1n) is 13.2. The van der Waals surface area contributed by atoms with Crippen LogP contribution in [-0.2, 0) is 16.0 Å². The molecule has 1 heterocycles. The zero-order valence-electron chi connectivity index (χ0n) is 21.8. The normalized spacial score (nSPS) is 20.9. The number of ether oxygens (including phenoxy) is 2. The van der Waals surface area contributed by atoms with E-state index < -0.39 is 11.2 Å². The molecule has 5 aromatic carbocycles. The summed E-state index contributed by atoms with van der Waals surface area (Å²) in [6.45, 7) is 0. The van der Waals surface area contributed by atoms with Gasteiger partial charge < -0.3 is 9.47 Å². The number of ketones is 1. The van der Waals surface area contributed by atoms with E-state index in [9.17, 15) is 0 Å². The van der Waals surface area contributed by atoms with Gasteiger partial charge in [-0.2, -0.15) is 0 Å². The van der Waals surface area contributed by atoms with Gasteiger partial charge in [0.05, 0.1) is 10.0 Å². The van der Waals surface area contributed by atoms with Crippen LogP contribution in [0.15, 0.2) is 121 Å². The lowest BCUT2D eigenvalue weighted by Gasteiger charge is -2.50. The van der Waals surface area contributed by atoms with Gasteiger partial charge in [-0.05, 0) is 11.1 Å². The molecule has 7 rings (SSSR count). The average Bonchev–Trinajstić information content (AvgIpc) is 3.29. The van der Waals surface area contributed by atoms with Crippen molar-refractivity contribution in [1.29, 1.82) is 0 Å². The molecule has 5 aromatic rings. The highest BCUT2D eigenvalue weighted by molar-refractivity contribution is 6.53. The SMILES string of the molecule is O=C1C(c2ccccc2)=C(c2ccccc2)C2(c3ccccc3)Oc3c(Cl)c(Cl)c(Cl)c(Cl)c3OC12c1ccccc1. The van der Waals surface area contributed by atoms with Crippen LogP contribution in [0.4, 0.5) is 0 Å². The molecule has 1 aliphatic heterocycles. The third-order valence-corrected chi connectivity index (χ3v) is 9.59. The summed E-state index contributed by atoms with van der Waals surface area (Å²) in [5, 5.41) is 0.0661. The van der Waals surface area contributed by atoms with E-state index in [1.54, 1.807) is 0 Å². The molecular formula is C35H20Cl4O3. The molecule has 42 heavy (non-hydrogen) atoms. The van der Waals surface area contributed by atoms with Gasteiger partial charge in [0.1, 0.15) is 10.0 Å². The Morgan fingerprint density at radius 1 is 0.452 bits per heavy atom. The molecule has 3 nitrogen and oxygen atoms in total. The number of hydrogen-bond donors (Lipinski definition) is 0. The highest BCUT2D eigenvalue weighted by atomic mass is 35.5. The van der Waals surface area contributed by atoms with E-state index in [2.05, 4.69) is 0 Å². The van der Waals surface area contributed by atoms with Crippen LogP contribution in [-0.4, -0.2) is 5.78 Å². The Balaban J connectivity index is 1.72. The minimum atomic E-state index is -1.77. The van der Waals surface area contributed by atoms with Gasteiger partial charge in [-0.15, -0.1) is 0 Å². The predicted octanol–water partition coefficient (Wildman–Crippen LogP) is 10.1. The summed E-state index contributed by atoms with van der Waals surface area (Å²) in [5.41, 5.74) is 0.467. The third kappa shape index (κ3) is 3.64. The number of rotatable bonds is 4. The number of halogens is 4. The van der Waals surface area contributed by atoms with Crippen LogP contribution < -0.4 is 9.47 Å². The van der Waals surface area contributed by atoms with Crippen LogP contribution in [0.3, 0.4) is 0 Å². The maximum Gasteiger partial charge on any atom is 0.244 e. The van der Waals surface area contributed by atoms with Crippen molar-refractivity contribution >= 4 is 63.3 Å². The molecule has 0 aromatic heterocycles. The van der Waals surface area contributed by atoms with Gasteiger partial charge in [-0.1, -0.05) is 168 Å². The fourth-order valence-corrected chi connectivity index (χ4v) is 7.00. The van der Waals surface area contributed by atoms with E-state index in [0.29, 0.717) is 27.8 Å². The van der Waals surface area contributed by atoms with Crippen LogP contribution in [0, 0.1) is 0 Å². The van der Waals surface area contributed by atoms with Crippen molar-refractivity contribution in [2.24, 2.45) is 0 Å². The minimum absolute atomic E-state index is 0.000238. The van der Waals surface area contributed by atoms with Crippen molar-refractivity contribution in [1.82, 2.24) is 0 Å². The van der Waals surface area contributed by atoms with Gasteiger partial charge in [0, 0.05) is 22.3 Å². The van der Waals surface area contributed by atoms with Crippen LogP contribution in [0.1, 0.15) is 22.3 Å². The highest BCUT2D eigenvalue weighted by Crippen LogP contribution is 2.68. The summed E-state index contributed by atoms with van der Waals surface area (Å²) in [6, 6.07) is 38.1. The van der Waals surface area contributed by atoms with E-state index in [1.165, 1.54) is 0 Å². The van der Waals surface area contributed by atoms with Gasteiger partial charge in [-0.25, -0.2) is 0 Å². The molecule has 0 saturated heterocycles. The smallest absolute Gasteiger partial charge is 0.244 e. The van der Waals surface area contributed by atoms with Gasteiger partial charge in [0.15, 0.2) is 11.5 Å². The van der Waals surface area contributed by atoms with Crippen LogP contribution >= 0.6 is 46.4 Å². The van der Waals surface area contributed by atoms with Crippen molar-refractivity contribution < 1.29 is 14.3 Å². The first-order chi connectivity index (χ1) is 20.4. The van der Waals surface area contributed by atoms with Crippen molar-refractivity contribution in [3.05, 3.63) is 164 Å². The molecule has 0 amide bonds. The lowest BCUT2D eigenvalue weighted by Crippen LogP contribution is -2.60. The van der Waals surface area contributed by atoms with Gasteiger partial charge in [0.2, 0.25) is 17.0 Å². The van der Waals surface area contributed by atoms with Crippen LogP contribution in [0.25, 0.3) is 11.1 Å². The molecule has 0 spiro atoms. The molecule has 7 heteroatoms. The van der Waals surface area contributed by atoms with Gasteiger partial charge in [-0.3, -0.25) is 4.79 Å². The second kappa shape index (κ2) is 10.2. The number of carbonyl (C=O) groups is 1. The Morgan fingerprint density at radius 3 is 1.31 bits per heavy atom. The number of carbonyl (C=O) groups excluding carboxylic acids is 1. The monoisotopic (exact) mass is 628 g/mol. The summed E-state index contributed by atoms with van der Waals surface area (Å²) in [4.78, 5) is 15.4. The maximum absolute atomic E-state index is 15.4. The zero-order valence-corrected chi connectivity index (χ0v) is 24.8. The Bertz CT molecular complexity index is 1880. The van der Waals surface area contributed by atoms with Crippen molar-refractivity contribution in [2.45, 2.75) is 11.2 Å². The van der Waals surface area contributed by atoms with E-state index in [4.69, 9.17) is 55.9 Å². The number of hydrogen-bond acceptors (Lipinski definition) is 3. The van der Waals surface area contributed by atoms with Crippen LogP contribution in [0.2, 0.25) is 20.1 Å². The second-order valence-electron chi connectivity index (χ2n) is 10.0. The number of Topliss-reactive ketones (excluding diaryl/α,β-unsaturated/α-hetero) is 1. The Hall–Kier alpha value is -3.73. The highest BCUT2D eigenvalue weighted by Gasteiger charge is 2.73. The maximum atomic E-state index is 15.4. The summed E-state index contributed by atoms with van der Waals surface area (Å²) in [7, 11) is 0. The average molecular weight is 630 g/mol. The molecule has 0 saturated carbocycles. The van der Waals surface area contributed by atoms with E-state index in [0.717, 1.165) is 5.56 Å². The molecule has 2 aliphatic rings. The molecule has 0 bridgehead atoms. The summed E-state index contributed by atoms with van der Waals surface area (Å²) < 4.78 is 14.1. The summed E-state index contributed by atoms with van der Waals surface area (Å²) in [6.07, 6.45) is 0. The standard InChI is InChI=1S/C35H20Cl4O3/c36-27-28(37)30(39)32-31(29(27)38)41-34(23-17-9-3-10-18-23)26(22-15-7-2-8-16-22)25(21-13-5-1-6-14-21)33(40)35(34,42-32)24-19-11-4-12-20-24/h1-20H.